The number of rotatable bonds is 6. The quantitative estimate of drug-likeness (QED) is 0.861. The fourth-order valence-electron chi connectivity index (χ4n) is 2.26. The van der Waals surface area contributed by atoms with Crippen molar-refractivity contribution in [2.75, 3.05) is 0 Å². The second-order valence-electron chi connectivity index (χ2n) is 4.95. The molecule has 0 aliphatic rings. The molecule has 1 aromatic heterocycles. The first-order valence-corrected chi connectivity index (χ1v) is 7.97. The molecule has 20 heavy (non-hydrogen) atoms. The van der Waals surface area contributed by atoms with Crippen molar-refractivity contribution in [2.24, 2.45) is 0 Å². The molecule has 0 aliphatic heterocycles. The van der Waals surface area contributed by atoms with Gasteiger partial charge in [-0.1, -0.05) is 35.0 Å². The van der Waals surface area contributed by atoms with E-state index in [4.69, 9.17) is 0 Å². The summed E-state index contributed by atoms with van der Waals surface area (Å²) >= 11 is 3.52. The normalized spacial score (nSPS) is 12.6. The maximum atomic E-state index is 4.58. The van der Waals surface area contributed by atoms with Gasteiger partial charge in [0.15, 0.2) is 0 Å². The fourth-order valence-corrected chi connectivity index (χ4v) is 2.67. The number of aromatic nitrogens is 2. The Balaban J connectivity index is 2.03. The Bertz CT molecular complexity index is 563. The molecule has 0 aliphatic carbocycles. The summed E-state index contributed by atoms with van der Waals surface area (Å²) in [6.07, 6.45) is 0.987. The van der Waals surface area contributed by atoms with E-state index in [0.717, 1.165) is 24.0 Å². The molecule has 3 nitrogen and oxygen atoms in total. The number of nitrogens with one attached hydrogen (secondary N) is 1. The monoisotopic (exact) mass is 335 g/mol. The second kappa shape index (κ2) is 7.04. The third kappa shape index (κ3) is 3.70. The van der Waals surface area contributed by atoms with Gasteiger partial charge >= 0.3 is 0 Å². The molecule has 4 heteroatoms. The molecule has 0 unspecified atom stereocenters. The predicted molar refractivity (Wildman–Crippen MR) is 86.7 cm³/mol. The van der Waals surface area contributed by atoms with E-state index in [1.165, 1.54) is 17.0 Å². The lowest BCUT2D eigenvalue weighted by Crippen LogP contribution is -2.20. The Morgan fingerprint density at radius 3 is 2.75 bits per heavy atom. The molecular weight excluding hydrogens is 314 g/mol. The van der Waals surface area contributed by atoms with Crippen LogP contribution in [-0.2, 0) is 19.5 Å². The van der Waals surface area contributed by atoms with Crippen LogP contribution in [0.5, 0.6) is 0 Å². The predicted octanol–water partition coefficient (Wildman–Crippen LogP) is 4.08. The molecular formula is C16H22BrN3. The van der Waals surface area contributed by atoms with E-state index in [-0.39, 0.29) is 0 Å². The van der Waals surface area contributed by atoms with Crippen molar-refractivity contribution in [2.45, 2.75) is 46.3 Å². The summed E-state index contributed by atoms with van der Waals surface area (Å²) < 4.78 is 3.20. The molecule has 0 radical (unpaired) electrons. The molecule has 0 saturated carbocycles. The van der Waals surface area contributed by atoms with Crippen LogP contribution in [0.4, 0.5) is 0 Å². The van der Waals surface area contributed by atoms with Gasteiger partial charge in [-0.3, -0.25) is 4.68 Å². The Kier molecular flexibility index (Phi) is 5.38. The molecule has 1 heterocycles. The maximum Gasteiger partial charge on any atom is 0.0625 e. The average Bonchev–Trinajstić information content (AvgIpc) is 2.87. The molecule has 1 atom stereocenters. The van der Waals surface area contributed by atoms with Gasteiger partial charge in [0.25, 0.3) is 0 Å². The molecule has 0 fully saturated rings. The Labute approximate surface area is 129 Å². The summed E-state index contributed by atoms with van der Waals surface area (Å²) in [6, 6.07) is 10.9. The van der Waals surface area contributed by atoms with E-state index in [2.05, 4.69) is 82.1 Å². The van der Waals surface area contributed by atoms with E-state index in [1.807, 2.05) is 0 Å². The summed E-state index contributed by atoms with van der Waals surface area (Å²) in [5.74, 6) is 0. The highest BCUT2D eigenvalue weighted by atomic mass is 79.9. The van der Waals surface area contributed by atoms with Crippen LogP contribution < -0.4 is 5.32 Å². The lowest BCUT2D eigenvalue weighted by molar-refractivity contribution is 0.530. The van der Waals surface area contributed by atoms with Crippen LogP contribution in [0.2, 0.25) is 0 Å². The summed E-state index contributed by atoms with van der Waals surface area (Å²) in [7, 11) is 0. The topological polar surface area (TPSA) is 29.9 Å². The lowest BCUT2D eigenvalue weighted by atomic mass is 10.1. The number of hydrogen-bond acceptors (Lipinski definition) is 2. The third-order valence-corrected chi connectivity index (χ3v) is 4.01. The van der Waals surface area contributed by atoms with Gasteiger partial charge in [-0.2, -0.15) is 5.10 Å². The van der Waals surface area contributed by atoms with Crippen molar-refractivity contribution < 1.29 is 0 Å². The summed E-state index contributed by atoms with van der Waals surface area (Å²) in [5.41, 5.74) is 3.71. The van der Waals surface area contributed by atoms with E-state index in [9.17, 15) is 0 Å². The number of halogens is 1. The third-order valence-electron chi connectivity index (χ3n) is 3.51. The minimum absolute atomic E-state index is 0.317. The first kappa shape index (κ1) is 15.3. The number of nitrogens with zero attached hydrogens (tertiary/aromatic N) is 2. The Morgan fingerprint density at radius 2 is 2.10 bits per heavy atom. The molecule has 0 saturated heterocycles. The summed E-state index contributed by atoms with van der Waals surface area (Å²) in [6.45, 7) is 8.23. The molecule has 1 aromatic carbocycles. The van der Waals surface area contributed by atoms with Crippen molar-refractivity contribution in [3.63, 3.8) is 0 Å². The van der Waals surface area contributed by atoms with Crippen LogP contribution in [0.15, 0.2) is 34.8 Å². The van der Waals surface area contributed by atoms with E-state index in [0.29, 0.717) is 6.04 Å². The van der Waals surface area contributed by atoms with Gasteiger partial charge in [0.2, 0.25) is 0 Å². The van der Waals surface area contributed by atoms with Crippen molar-refractivity contribution in [1.82, 2.24) is 15.1 Å². The standard InChI is InChI=1S/C16H22BrN3/c1-4-15-10-16(20(5-2)19-15)11-18-12(3)13-7-6-8-14(17)9-13/h6-10,12,18H,4-5,11H2,1-3H3/t12-/m0/s1. The lowest BCUT2D eigenvalue weighted by Gasteiger charge is -2.15. The average molecular weight is 336 g/mol. The van der Waals surface area contributed by atoms with Crippen LogP contribution in [0.25, 0.3) is 0 Å². The fraction of sp³-hybridized carbons (Fsp3) is 0.438. The van der Waals surface area contributed by atoms with Gasteiger partial charge in [-0.15, -0.1) is 0 Å². The zero-order chi connectivity index (χ0) is 14.5. The van der Waals surface area contributed by atoms with Gasteiger partial charge in [0, 0.05) is 23.6 Å². The Hall–Kier alpha value is -1.13. The van der Waals surface area contributed by atoms with Crippen LogP contribution >= 0.6 is 15.9 Å². The van der Waals surface area contributed by atoms with Gasteiger partial charge in [-0.25, -0.2) is 0 Å². The zero-order valence-corrected chi connectivity index (χ0v) is 13.9. The molecule has 2 rings (SSSR count). The van der Waals surface area contributed by atoms with Crippen molar-refractivity contribution in [1.29, 1.82) is 0 Å². The van der Waals surface area contributed by atoms with Gasteiger partial charge in [-0.05, 0) is 44.0 Å². The summed E-state index contributed by atoms with van der Waals surface area (Å²) in [5, 5.41) is 8.15. The van der Waals surface area contributed by atoms with Crippen molar-refractivity contribution in [3.8, 4) is 0 Å². The van der Waals surface area contributed by atoms with Crippen LogP contribution in [0.3, 0.4) is 0 Å². The largest absolute Gasteiger partial charge is 0.305 e. The van der Waals surface area contributed by atoms with Crippen molar-refractivity contribution >= 4 is 15.9 Å². The van der Waals surface area contributed by atoms with Crippen LogP contribution in [-0.4, -0.2) is 9.78 Å². The highest BCUT2D eigenvalue weighted by Crippen LogP contribution is 2.18. The number of hydrogen-bond donors (Lipinski definition) is 1. The SMILES string of the molecule is CCc1cc(CN[C@@H](C)c2cccc(Br)c2)n(CC)n1. The zero-order valence-electron chi connectivity index (χ0n) is 12.4. The van der Waals surface area contributed by atoms with Crippen LogP contribution in [0.1, 0.15) is 43.8 Å². The molecule has 0 spiro atoms. The maximum absolute atomic E-state index is 4.58. The number of benzene rings is 1. The molecule has 2 aromatic rings. The molecule has 108 valence electrons. The highest BCUT2D eigenvalue weighted by molar-refractivity contribution is 9.10. The van der Waals surface area contributed by atoms with E-state index < -0.39 is 0 Å². The van der Waals surface area contributed by atoms with E-state index >= 15 is 0 Å². The van der Waals surface area contributed by atoms with Crippen molar-refractivity contribution in [3.05, 3.63) is 51.8 Å². The summed E-state index contributed by atoms with van der Waals surface area (Å²) in [4.78, 5) is 0. The minimum Gasteiger partial charge on any atom is -0.305 e. The van der Waals surface area contributed by atoms with Gasteiger partial charge in [0.05, 0.1) is 11.4 Å². The van der Waals surface area contributed by atoms with Crippen LogP contribution in [0, 0.1) is 0 Å². The highest BCUT2D eigenvalue weighted by Gasteiger charge is 2.09. The van der Waals surface area contributed by atoms with E-state index in [1.54, 1.807) is 0 Å². The number of aryl methyl sites for hydroxylation is 2. The Morgan fingerprint density at radius 1 is 1.30 bits per heavy atom. The molecule has 0 amide bonds. The van der Waals surface area contributed by atoms with Gasteiger partial charge < -0.3 is 5.32 Å². The molecule has 0 bridgehead atoms. The smallest absolute Gasteiger partial charge is 0.0625 e. The minimum atomic E-state index is 0.317. The second-order valence-corrected chi connectivity index (χ2v) is 5.87. The first-order valence-electron chi connectivity index (χ1n) is 7.18. The first-order chi connectivity index (χ1) is 9.63. The molecule has 1 N–H and O–H groups in total. The van der Waals surface area contributed by atoms with Gasteiger partial charge in [0.1, 0.15) is 0 Å².